The molecule has 1 N–H and O–H groups in total. The standard InChI is InChI=1S/C14H18BrNO/c1-11(9-14-10-17-7-6-16-14)8-12-2-4-13(15)5-3-12/h2-5,8,14,16H,6-7,9-10H2,1H3/b11-8-. The van der Waals surface area contributed by atoms with Gasteiger partial charge >= 0.3 is 0 Å². The summed E-state index contributed by atoms with van der Waals surface area (Å²) in [5.41, 5.74) is 2.64. The molecule has 0 spiro atoms. The van der Waals surface area contributed by atoms with Gasteiger partial charge in [-0.05, 0) is 31.0 Å². The van der Waals surface area contributed by atoms with Gasteiger partial charge in [-0.2, -0.15) is 0 Å². The van der Waals surface area contributed by atoms with Crippen molar-refractivity contribution in [3.8, 4) is 0 Å². The Labute approximate surface area is 111 Å². The minimum absolute atomic E-state index is 0.468. The Bertz CT molecular complexity index is 380. The minimum Gasteiger partial charge on any atom is -0.379 e. The molecule has 0 saturated carbocycles. The smallest absolute Gasteiger partial charge is 0.0623 e. The molecule has 0 amide bonds. The summed E-state index contributed by atoms with van der Waals surface area (Å²) in [7, 11) is 0. The highest BCUT2D eigenvalue weighted by Crippen LogP contribution is 2.15. The van der Waals surface area contributed by atoms with E-state index in [9.17, 15) is 0 Å². The van der Waals surface area contributed by atoms with Crippen LogP contribution < -0.4 is 5.32 Å². The Kier molecular flexibility index (Phi) is 4.77. The molecule has 1 heterocycles. The van der Waals surface area contributed by atoms with E-state index in [1.165, 1.54) is 11.1 Å². The molecule has 1 saturated heterocycles. The van der Waals surface area contributed by atoms with Gasteiger partial charge in [0.1, 0.15) is 0 Å². The number of morpholine rings is 1. The van der Waals surface area contributed by atoms with Gasteiger partial charge in [0.25, 0.3) is 0 Å². The first kappa shape index (κ1) is 12.8. The van der Waals surface area contributed by atoms with Crippen molar-refractivity contribution in [3.63, 3.8) is 0 Å². The SMILES string of the molecule is C/C(=C/c1ccc(Br)cc1)CC1COCCN1. The highest BCUT2D eigenvalue weighted by molar-refractivity contribution is 9.10. The van der Waals surface area contributed by atoms with Gasteiger partial charge in [-0.25, -0.2) is 0 Å². The number of halogens is 1. The van der Waals surface area contributed by atoms with Gasteiger partial charge in [0.15, 0.2) is 0 Å². The molecule has 17 heavy (non-hydrogen) atoms. The van der Waals surface area contributed by atoms with Crippen LogP contribution >= 0.6 is 15.9 Å². The van der Waals surface area contributed by atoms with Crippen molar-refractivity contribution < 1.29 is 4.74 Å². The maximum atomic E-state index is 5.45. The number of hydrogen-bond acceptors (Lipinski definition) is 2. The zero-order valence-electron chi connectivity index (χ0n) is 10.1. The van der Waals surface area contributed by atoms with Gasteiger partial charge in [-0.1, -0.05) is 39.7 Å². The zero-order valence-corrected chi connectivity index (χ0v) is 11.7. The molecule has 0 aliphatic carbocycles. The van der Waals surface area contributed by atoms with Crippen molar-refractivity contribution in [2.24, 2.45) is 0 Å². The third kappa shape index (κ3) is 4.26. The Hall–Kier alpha value is -0.640. The molecular weight excluding hydrogens is 278 g/mol. The van der Waals surface area contributed by atoms with E-state index in [4.69, 9.17) is 4.74 Å². The van der Waals surface area contributed by atoms with Gasteiger partial charge in [-0.15, -0.1) is 0 Å². The number of benzene rings is 1. The third-order valence-corrected chi connectivity index (χ3v) is 3.38. The Morgan fingerprint density at radius 1 is 1.47 bits per heavy atom. The summed E-state index contributed by atoms with van der Waals surface area (Å²) >= 11 is 3.44. The van der Waals surface area contributed by atoms with E-state index in [0.29, 0.717) is 6.04 Å². The quantitative estimate of drug-likeness (QED) is 0.924. The number of ether oxygens (including phenoxy) is 1. The van der Waals surface area contributed by atoms with Crippen LogP contribution in [0.25, 0.3) is 6.08 Å². The van der Waals surface area contributed by atoms with Gasteiger partial charge in [-0.3, -0.25) is 0 Å². The van der Waals surface area contributed by atoms with E-state index in [2.05, 4.69) is 58.5 Å². The topological polar surface area (TPSA) is 21.3 Å². The lowest BCUT2D eigenvalue weighted by Gasteiger charge is -2.24. The minimum atomic E-state index is 0.468. The van der Waals surface area contributed by atoms with E-state index in [1.807, 2.05) is 0 Å². The van der Waals surface area contributed by atoms with Gasteiger partial charge in [0.2, 0.25) is 0 Å². The van der Waals surface area contributed by atoms with Gasteiger partial charge < -0.3 is 10.1 Å². The predicted molar refractivity (Wildman–Crippen MR) is 75.0 cm³/mol. The molecule has 1 unspecified atom stereocenters. The number of nitrogens with one attached hydrogen (secondary N) is 1. The molecule has 1 aromatic carbocycles. The van der Waals surface area contributed by atoms with E-state index >= 15 is 0 Å². The fourth-order valence-corrected chi connectivity index (χ4v) is 2.31. The number of hydrogen-bond donors (Lipinski definition) is 1. The Balaban J connectivity index is 1.93. The van der Waals surface area contributed by atoms with E-state index in [1.54, 1.807) is 0 Å². The molecule has 1 aliphatic rings. The monoisotopic (exact) mass is 295 g/mol. The Morgan fingerprint density at radius 2 is 2.24 bits per heavy atom. The molecule has 1 atom stereocenters. The van der Waals surface area contributed by atoms with Crippen LogP contribution in [-0.4, -0.2) is 25.8 Å². The summed E-state index contributed by atoms with van der Waals surface area (Å²) in [5.74, 6) is 0. The second-order valence-corrected chi connectivity index (χ2v) is 5.39. The van der Waals surface area contributed by atoms with Crippen molar-refractivity contribution in [1.82, 2.24) is 5.32 Å². The van der Waals surface area contributed by atoms with E-state index < -0.39 is 0 Å². The lowest BCUT2D eigenvalue weighted by Crippen LogP contribution is -2.41. The van der Waals surface area contributed by atoms with Crippen LogP contribution in [0.15, 0.2) is 34.3 Å². The lowest BCUT2D eigenvalue weighted by atomic mass is 10.0. The summed E-state index contributed by atoms with van der Waals surface area (Å²) < 4.78 is 6.57. The highest BCUT2D eigenvalue weighted by Gasteiger charge is 2.12. The summed E-state index contributed by atoms with van der Waals surface area (Å²) in [6.45, 7) is 4.81. The molecule has 0 aromatic heterocycles. The first-order valence-corrected chi connectivity index (χ1v) is 6.77. The van der Waals surface area contributed by atoms with Crippen molar-refractivity contribution in [3.05, 3.63) is 39.9 Å². The van der Waals surface area contributed by atoms with Crippen LogP contribution in [0.5, 0.6) is 0 Å². The molecule has 1 aromatic rings. The predicted octanol–water partition coefficient (Wildman–Crippen LogP) is 3.23. The molecule has 2 rings (SSSR count). The average molecular weight is 296 g/mol. The highest BCUT2D eigenvalue weighted by atomic mass is 79.9. The van der Waals surface area contributed by atoms with Crippen molar-refractivity contribution in [2.45, 2.75) is 19.4 Å². The third-order valence-electron chi connectivity index (χ3n) is 2.85. The molecular formula is C14H18BrNO. The fourth-order valence-electron chi connectivity index (χ4n) is 2.04. The molecule has 1 aliphatic heterocycles. The van der Waals surface area contributed by atoms with Crippen LogP contribution in [0.3, 0.4) is 0 Å². The fraction of sp³-hybridized carbons (Fsp3) is 0.429. The second kappa shape index (κ2) is 6.34. The second-order valence-electron chi connectivity index (χ2n) is 4.47. The summed E-state index contributed by atoms with van der Waals surface area (Å²) in [5, 5.41) is 3.47. The van der Waals surface area contributed by atoms with Gasteiger partial charge in [0, 0.05) is 17.1 Å². The first-order valence-electron chi connectivity index (χ1n) is 5.98. The maximum Gasteiger partial charge on any atom is 0.0623 e. The van der Waals surface area contributed by atoms with Crippen LogP contribution in [0.1, 0.15) is 18.9 Å². The van der Waals surface area contributed by atoms with Crippen molar-refractivity contribution >= 4 is 22.0 Å². The average Bonchev–Trinajstić information content (AvgIpc) is 2.33. The lowest BCUT2D eigenvalue weighted by molar-refractivity contribution is 0.0771. The van der Waals surface area contributed by atoms with Crippen LogP contribution in [-0.2, 0) is 4.74 Å². The molecule has 0 radical (unpaired) electrons. The van der Waals surface area contributed by atoms with Crippen LogP contribution in [0.4, 0.5) is 0 Å². The van der Waals surface area contributed by atoms with E-state index in [-0.39, 0.29) is 0 Å². The largest absolute Gasteiger partial charge is 0.379 e. The zero-order chi connectivity index (χ0) is 12.1. The summed E-state index contributed by atoms with van der Waals surface area (Å²) in [6, 6.07) is 8.86. The Morgan fingerprint density at radius 3 is 2.88 bits per heavy atom. The van der Waals surface area contributed by atoms with Gasteiger partial charge in [0.05, 0.1) is 13.2 Å². The summed E-state index contributed by atoms with van der Waals surface area (Å²) in [6.07, 6.45) is 3.29. The molecule has 0 bridgehead atoms. The number of rotatable bonds is 3. The maximum absolute atomic E-state index is 5.45. The van der Waals surface area contributed by atoms with Crippen molar-refractivity contribution in [2.75, 3.05) is 19.8 Å². The molecule has 3 heteroatoms. The van der Waals surface area contributed by atoms with Crippen LogP contribution in [0.2, 0.25) is 0 Å². The van der Waals surface area contributed by atoms with Crippen LogP contribution in [0, 0.1) is 0 Å². The first-order chi connectivity index (χ1) is 8.24. The van der Waals surface area contributed by atoms with Crippen molar-refractivity contribution in [1.29, 1.82) is 0 Å². The molecule has 2 nitrogen and oxygen atoms in total. The van der Waals surface area contributed by atoms with E-state index in [0.717, 1.165) is 30.7 Å². The molecule has 92 valence electrons. The summed E-state index contributed by atoms with van der Waals surface area (Å²) in [4.78, 5) is 0. The normalized spacial score (nSPS) is 21.5. The molecule has 1 fully saturated rings.